The van der Waals surface area contributed by atoms with Crippen molar-refractivity contribution >= 4 is 46.9 Å². The molecule has 0 atom stereocenters. The van der Waals surface area contributed by atoms with Crippen LogP contribution in [0.5, 0.6) is 11.5 Å². The van der Waals surface area contributed by atoms with Crippen LogP contribution in [0.25, 0.3) is 0 Å². The molecule has 0 saturated carbocycles. The van der Waals surface area contributed by atoms with Crippen LogP contribution in [0.2, 0.25) is 10.0 Å². The number of hydrogen-bond acceptors (Lipinski definition) is 5. The van der Waals surface area contributed by atoms with E-state index in [4.69, 9.17) is 32.7 Å². The Bertz CT molecular complexity index is 1230. The van der Waals surface area contributed by atoms with Crippen LogP contribution in [0.3, 0.4) is 0 Å². The number of nitrogens with one attached hydrogen (secondary N) is 2. The number of ether oxygens (including phenoxy) is 2. The summed E-state index contributed by atoms with van der Waals surface area (Å²) in [6.07, 6.45) is 2.86. The average Bonchev–Trinajstić information content (AvgIpc) is 2.84. The molecule has 0 bridgehead atoms. The first-order chi connectivity index (χ1) is 16.9. The third-order valence-electron chi connectivity index (χ3n) is 4.46. The normalized spacial score (nSPS) is 10.6. The van der Waals surface area contributed by atoms with Crippen LogP contribution in [0, 0.1) is 5.82 Å². The van der Waals surface area contributed by atoms with Gasteiger partial charge in [-0.05, 0) is 54.6 Å². The standard InChI is InChI=1S/C25H20Cl2FN3O4/c1-2-12-34-19-9-7-18(8-10-19)30-24(32)25(33)31-29-14-16-13-17(26)6-11-23(16)35-15-20-21(27)4-3-5-22(20)28/h2-11,13-14H,1,12,15H2,(H,30,32)(H,31,33)/b29-14-. The first-order valence-electron chi connectivity index (χ1n) is 10.2. The summed E-state index contributed by atoms with van der Waals surface area (Å²) in [5.41, 5.74) is 3.11. The van der Waals surface area contributed by atoms with Gasteiger partial charge in [0.15, 0.2) is 0 Å². The lowest BCUT2D eigenvalue weighted by molar-refractivity contribution is -0.136. The Kier molecular flexibility index (Phi) is 9.23. The molecule has 0 aliphatic rings. The Morgan fingerprint density at radius 2 is 1.80 bits per heavy atom. The molecule has 3 aromatic rings. The topological polar surface area (TPSA) is 89.0 Å². The van der Waals surface area contributed by atoms with E-state index < -0.39 is 17.6 Å². The molecule has 10 heteroatoms. The number of hydrazone groups is 1. The summed E-state index contributed by atoms with van der Waals surface area (Å²) in [5.74, 6) is -1.50. The minimum Gasteiger partial charge on any atom is -0.490 e. The Morgan fingerprint density at radius 3 is 2.51 bits per heavy atom. The highest BCUT2D eigenvalue weighted by Gasteiger charge is 2.14. The first kappa shape index (κ1) is 25.7. The maximum absolute atomic E-state index is 14.0. The van der Waals surface area contributed by atoms with Crippen molar-refractivity contribution in [3.05, 3.63) is 100 Å². The van der Waals surface area contributed by atoms with E-state index in [9.17, 15) is 14.0 Å². The number of carbonyl (C=O) groups is 2. The molecule has 0 radical (unpaired) electrons. The van der Waals surface area contributed by atoms with Crippen LogP contribution < -0.4 is 20.2 Å². The van der Waals surface area contributed by atoms with E-state index in [0.29, 0.717) is 34.4 Å². The number of carbonyl (C=O) groups excluding carboxylic acids is 2. The van der Waals surface area contributed by atoms with E-state index in [-0.39, 0.29) is 17.2 Å². The highest BCUT2D eigenvalue weighted by Crippen LogP contribution is 2.25. The molecule has 0 spiro atoms. The summed E-state index contributed by atoms with van der Waals surface area (Å²) < 4.78 is 25.0. The van der Waals surface area contributed by atoms with Gasteiger partial charge in [-0.2, -0.15) is 5.10 Å². The molecule has 35 heavy (non-hydrogen) atoms. The van der Waals surface area contributed by atoms with Crippen molar-refractivity contribution in [1.29, 1.82) is 0 Å². The highest BCUT2D eigenvalue weighted by molar-refractivity contribution is 6.39. The van der Waals surface area contributed by atoms with Gasteiger partial charge >= 0.3 is 11.8 Å². The molecular weight excluding hydrogens is 496 g/mol. The quantitative estimate of drug-likeness (QED) is 0.173. The predicted molar refractivity (Wildman–Crippen MR) is 134 cm³/mol. The number of hydrogen-bond donors (Lipinski definition) is 2. The van der Waals surface area contributed by atoms with Gasteiger partial charge in [0, 0.05) is 21.8 Å². The van der Waals surface area contributed by atoms with Crippen LogP contribution >= 0.6 is 23.2 Å². The summed E-state index contributed by atoms with van der Waals surface area (Å²) in [7, 11) is 0. The van der Waals surface area contributed by atoms with E-state index in [0.717, 1.165) is 0 Å². The van der Waals surface area contributed by atoms with E-state index in [1.165, 1.54) is 24.4 Å². The second-order valence-corrected chi connectivity index (χ2v) is 7.79. The zero-order valence-corrected chi connectivity index (χ0v) is 19.8. The number of benzene rings is 3. The summed E-state index contributed by atoms with van der Waals surface area (Å²) in [6.45, 7) is 3.77. The molecule has 0 fully saturated rings. The first-order valence-corrected chi connectivity index (χ1v) is 11.0. The van der Waals surface area contributed by atoms with Gasteiger partial charge in [-0.3, -0.25) is 9.59 Å². The Balaban J connectivity index is 1.60. The number of amides is 2. The molecule has 0 aromatic heterocycles. The molecule has 0 aliphatic heterocycles. The summed E-state index contributed by atoms with van der Waals surface area (Å²) in [4.78, 5) is 24.2. The van der Waals surface area contributed by atoms with Crippen LogP contribution in [-0.2, 0) is 16.2 Å². The highest BCUT2D eigenvalue weighted by atomic mass is 35.5. The van der Waals surface area contributed by atoms with Gasteiger partial charge in [-0.15, -0.1) is 0 Å². The largest absolute Gasteiger partial charge is 0.490 e. The maximum atomic E-state index is 14.0. The maximum Gasteiger partial charge on any atom is 0.329 e. The lowest BCUT2D eigenvalue weighted by Crippen LogP contribution is -2.32. The zero-order valence-electron chi connectivity index (χ0n) is 18.3. The van der Waals surface area contributed by atoms with E-state index in [1.54, 1.807) is 48.5 Å². The number of halogens is 3. The monoisotopic (exact) mass is 515 g/mol. The van der Waals surface area contributed by atoms with Crippen LogP contribution in [-0.4, -0.2) is 24.6 Å². The van der Waals surface area contributed by atoms with Crippen molar-refractivity contribution in [3.63, 3.8) is 0 Å². The Hall–Kier alpha value is -3.88. The van der Waals surface area contributed by atoms with Crippen LogP contribution in [0.15, 0.2) is 78.4 Å². The molecule has 2 amide bonds. The van der Waals surface area contributed by atoms with Gasteiger partial charge in [0.1, 0.15) is 30.5 Å². The molecule has 3 aromatic carbocycles. The smallest absolute Gasteiger partial charge is 0.329 e. The van der Waals surface area contributed by atoms with Gasteiger partial charge in [0.25, 0.3) is 0 Å². The lowest BCUT2D eigenvalue weighted by Gasteiger charge is -2.11. The predicted octanol–water partition coefficient (Wildman–Crippen LogP) is 5.37. The molecular formula is C25H20Cl2FN3O4. The summed E-state index contributed by atoms with van der Waals surface area (Å²) >= 11 is 12.1. The van der Waals surface area contributed by atoms with Gasteiger partial charge in [-0.1, -0.05) is 41.9 Å². The number of rotatable bonds is 9. The van der Waals surface area contributed by atoms with Crippen molar-refractivity contribution < 1.29 is 23.5 Å². The van der Waals surface area contributed by atoms with Gasteiger partial charge < -0.3 is 14.8 Å². The van der Waals surface area contributed by atoms with Crippen molar-refractivity contribution in [3.8, 4) is 11.5 Å². The van der Waals surface area contributed by atoms with E-state index in [2.05, 4.69) is 22.4 Å². The van der Waals surface area contributed by atoms with E-state index in [1.807, 2.05) is 0 Å². The Labute approximate surface area is 211 Å². The fraction of sp³-hybridized carbons (Fsp3) is 0.0800. The summed E-state index contributed by atoms with van der Waals surface area (Å²) in [5, 5.41) is 6.85. The van der Waals surface area contributed by atoms with Crippen molar-refractivity contribution in [2.75, 3.05) is 11.9 Å². The zero-order chi connectivity index (χ0) is 25.2. The average molecular weight is 516 g/mol. The third-order valence-corrected chi connectivity index (χ3v) is 5.05. The molecule has 0 saturated heterocycles. The van der Waals surface area contributed by atoms with Gasteiger partial charge in [-0.25, -0.2) is 9.82 Å². The SMILES string of the molecule is C=CCOc1ccc(NC(=O)C(=O)N/N=C\c2cc(Cl)ccc2OCc2c(F)cccc2Cl)cc1. The van der Waals surface area contributed by atoms with Crippen molar-refractivity contribution in [2.45, 2.75) is 6.61 Å². The molecule has 7 nitrogen and oxygen atoms in total. The van der Waals surface area contributed by atoms with Gasteiger partial charge in [0.2, 0.25) is 0 Å². The number of anilines is 1. The molecule has 3 rings (SSSR count). The van der Waals surface area contributed by atoms with Crippen molar-refractivity contribution in [2.24, 2.45) is 5.10 Å². The molecule has 0 heterocycles. The van der Waals surface area contributed by atoms with Crippen molar-refractivity contribution in [1.82, 2.24) is 5.43 Å². The number of nitrogens with zero attached hydrogens (tertiary/aromatic N) is 1. The van der Waals surface area contributed by atoms with Crippen LogP contribution in [0.1, 0.15) is 11.1 Å². The molecule has 180 valence electrons. The third kappa shape index (κ3) is 7.56. The summed E-state index contributed by atoms with van der Waals surface area (Å²) in [6, 6.07) is 15.5. The molecule has 0 unspecified atom stereocenters. The minimum absolute atomic E-state index is 0.139. The van der Waals surface area contributed by atoms with E-state index >= 15 is 0 Å². The second-order valence-electron chi connectivity index (χ2n) is 6.95. The molecule has 0 aliphatic carbocycles. The van der Waals surface area contributed by atoms with Gasteiger partial charge in [0.05, 0.1) is 11.2 Å². The fourth-order valence-corrected chi connectivity index (χ4v) is 3.16. The molecule has 2 N–H and O–H groups in total. The minimum atomic E-state index is -0.990. The second kappa shape index (κ2) is 12.5. The lowest BCUT2D eigenvalue weighted by atomic mass is 10.2. The van der Waals surface area contributed by atoms with Crippen LogP contribution in [0.4, 0.5) is 10.1 Å². The fourth-order valence-electron chi connectivity index (χ4n) is 2.76. The Morgan fingerprint density at radius 1 is 1.03 bits per heavy atom.